The number of halogens is 3. The van der Waals surface area contributed by atoms with E-state index in [4.69, 9.17) is 23.2 Å². The molecule has 2 aromatic rings. The minimum Gasteiger partial charge on any atom is -0.366 e. The van der Waals surface area contributed by atoms with Crippen molar-refractivity contribution in [1.29, 1.82) is 5.26 Å². The fraction of sp³-hybridized carbons (Fsp3) is 0.0714. The second-order valence-electron chi connectivity index (χ2n) is 3.89. The second kappa shape index (κ2) is 5.92. The van der Waals surface area contributed by atoms with E-state index in [1.807, 2.05) is 0 Å². The Kier molecular flexibility index (Phi) is 4.26. The van der Waals surface area contributed by atoms with Crippen molar-refractivity contribution in [2.24, 2.45) is 0 Å². The maximum Gasteiger partial charge on any atom is 0.140 e. The lowest BCUT2D eigenvalue weighted by Gasteiger charge is -2.14. The summed E-state index contributed by atoms with van der Waals surface area (Å²) in [5.41, 5.74) is 1.19. The van der Waals surface area contributed by atoms with Crippen molar-refractivity contribution in [3.63, 3.8) is 0 Å². The van der Waals surface area contributed by atoms with Gasteiger partial charge in [0.1, 0.15) is 11.9 Å². The molecule has 0 spiro atoms. The quantitative estimate of drug-likeness (QED) is 0.882. The van der Waals surface area contributed by atoms with Crippen molar-refractivity contribution in [3.8, 4) is 6.07 Å². The SMILES string of the molecule is N#CC(Nc1cccc(F)c1)c1ccc(Cl)c(Cl)c1. The molecule has 0 aliphatic rings. The third kappa shape index (κ3) is 3.37. The van der Waals surface area contributed by atoms with Crippen molar-refractivity contribution in [3.05, 3.63) is 63.9 Å². The van der Waals surface area contributed by atoms with Crippen molar-refractivity contribution in [1.82, 2.24) is 0 Å². The highest BCUT2D eigenvalue weighted by molar-refractivity contribution is 6.42. The molecule has 1 unspecified atom stereocenters. The molecular weight excluding hydrogens is 286 g/mol. The van der Waals surface area contributed by atoms with Gasteiger partial charge in [0.15, 0.2) is 0 Å². The number of nitrogens with zero attached hydrogens (tertiary/aromatic N) is 1. The molecule has 19 heavy (non-hydrogen) atoms. The van der Waals surface area contributed by atoms with Crippen LogP contribution in [0.3, 0.4) is 0 Å². The Morgan fingerprint density at radius 3 is 2.53 bits per heavy atom. The van der Waals surface area contributed by atoms with Gasteiger partial charge in [0.05, 0.1) is 16.1 Å². The molecule has 0 bridgehead atoms. The number of anilines is 1. The molecule has 0 amide bonds. The number of nitrogens with one attached hydrogen (secondary N) is 1. The summed E-state index contributed by atoms with van der Waals surface area (Å²) in [4.78, 5) is 0. The van der Waals surface area contributed by atoms with E-state index < -0.39 is 6.04 Å². The van der Waals surface area contributed by atoms with Crippen molar-refractivity contribution < 1.29 is 4.39 Å². The van der Waals surface area contributed by atoms with Crippen LogP contribution in [0.4, 0.5) is 10.1 Å². The Hall–Kier alpha value is -1.76. The molecule has 1 N–H and O–H groups in total. The first-order chi connectivity index (χ1) is 9.10. The van der Waals surface area contributed by atoms with E-state index in [1.54, 1.807) is 30.3 Å². The van der Waals surface area contributed by atoms with Gasteiger partial charge < -0.3 is 5.32 Å². The standard InChI is InChI=1S/C14H9Cl2FN2/c15-12-5-4-9(6-13(12)16)14(8-18)19-11-3-1-2-10(17)7-11/h1-7,14,19H. The molecule has 2 nitrogen and oxygen atoms in total. The average molecular weight is 295 g/mol. The topological polar surface area (TPSA) is 35.8 Å². The van der Waals surface area contributed by atoms with Crippen LogP contribution in [0, 0.1) is 17.1 Å². The molecule has 0 heterocycles. The molecule has 0 aliphatic heterocycles. The smallest absolute Gasteiger partial charge is 0.140 e. The van der Waals surface area contributed by atoms with Crippen LogP contribution in [0.15, 0.2) is 42.5 Å². The summed E-state index contributed by atoms with van der Waals surface area (Å²) >= 11 is 11.7. The molecular formula is C14H9Cl2FN2. The lowest BCUT2D eigenvalue weighted by Crippen LogP contribution is -2.08. The normalized spacial score (nSPS) is 11.7. The number of rotatable bonds is 3. The van der Waals surface area contributed by atoms with E-state index in [2.05, 4.69) is 11.4 Å². The highest BCUT2D eigenvalue weighted by atomic mass is 35.5. The predicted molar refractivity (Wildman–Crippen MR) is 74.8 cm³/mol. The van der Waals surface area contributed by atoms with Crippen molar-refractivity contribution in [2.45, 2.75) is 6.04 Å². The molecule has 0 saturated heterocycles. The molecule has 2 aromatic carbocycles. The Bertz CT molecular complexity index is 638. The van der Waals surface area contributed by atoms with Gasteiger partial charge in [0.25, 0.3) is 0 Å². The molecule has 1 atom stereocenters. The molecule has 0 saturated carbocycles. The maximum atomic E-state index is 13.1. The number of benzene rings is 2. The van der Waals surface area contributed by atoms with Crippen LogP contribution in [0.2, 0.25) is 10.0 Å². The highest BCUT2D eigenvalue weighted by Crippen LogP contribution is 2.27. The molecule has 0 aliphatic carbocycles. The highest BCUT2D eigenvalue weighted by Gasteiger charge is 2.12. The molecule has 2 rings (SSSR count). The van der Waals surface area contributed by atoms with Crippen LogP contribution < -0.4 is 5.32 Å². The van der Waals surface area contributed by atoms with E-state index in [9.17, 15) is 9.65 Å². The Balaban J connectivity index is 2.25. The largest absolute Gasteiger partial charge is 0.366 e. The minimum absolute atomic E-state index is 0.365. The number of nitriles is 1. The van der Waals surface area contributed by atoms with Gasteiger partial charge in [0.2, 0.25) is 0 Å². The first kappa shape index (κ1) is 13.7. The zero-order valence-electron chi connectivity index (χ0n) is 9.70. The maximum absolute atomic E-state index is 13.1. The summed E-state index contributed by atoms with van der Waals surface area (Å²) in [6.45, 7) is 0. The lowest BCUT2D eigenvalue weighted by molar-refractivity contribution is 0.628. The van der Waals surface area contributed by atoms with Gasteiger partial charge in [0, 0.05) is 5.69 Å². The van der Waals surface area contributed by atoms with Crippen molar-refractivity contribution in [2.75, 3.05) is 5.32 Å². The first-order valence-electron chi connectivity index (χ1n) is 5.47. The van der Waals surface area contributed by atoms with E-state index >= 15 is 0 Å². The van der Waals surface area contributed by atoms with Crippen LogP contribution >= 0.6 is 23.2 Å². The van der Waals surface area contributed by atoms with Gasteiger partial charge in [-0.25, -0.2) is 4.39 Å². The van der Waals surface area contributed by atoms with E-state index in [0.717, 1.165) is 0 Å². The minimum atomic E-state index is -0.628. The van der Waals surface area contributed by atoms with Gasteiger partial charge in [-0.15, -0.1) is 0 Å². The third-order valence-corrected chi connectivity index (χ3v) is 3.28. The van der Waals surface area contributed by atoms with Gasteiger partial charge in [-0.3, -0.25) is 0 Å². The summed E-state index contributed by atoms with van der Waals surface area (Å²) < 4.78 is 13.1. The summed E-state index contributed by atoms with van der Waals surface area (Å²) in [6.07, 6.45) is 0. The Morgan fingerprint density at radius 1 is 1.11 bits per heavy atom. The van der Waals surface area contributed by atoms with E-state index in [0.29, 0.717) is 21.3 Å². The van der Waals surface area contributed by atoms with Crippen LogP contribution in [0.5, 0.6) is 0 Å². The summed E-state index contributed by atoms with van der Waals surface area (Å²) in [7, 11) is 0. The third-order valence-electron chi connectivity index (χ3n) is 2.54. The monoisotopic (exact) mass is 294 g/mol. The Morgan fingerprint density at radius 2 is 1.89 bits per heavy atom. The number of hydrogen-bond acceptors (Lipinski definition) is 2. The summed E-state index contributed by atoms with van der Waals surface area (Å²) in [6, 6.07) is 12.3. The van der Waals surface area contributed by atoms with Crippen molar-refractivity contribution >= 4 is 28.9 Å². The molecule has 5 heteroatoms. The molecule has 0 radical (unpaired) electrons. The van der Waals surface area contributed by atoms with Crippen LogP contribution in [-0.4, -0.2) is 0 Å². The fourth-order valence-electron chi connectivity index (χ4n) is 1.63. The Labute approximate surface area is 120 Å². The van der Waals surface area contributed by atoms with Gasteiger partial charge >= 0.3 is 0 Å². The van der Waals surface area contributed by atoms with Gasteiger partial charge in [-0.05, 0) is 35.9 Å². The van der Waals surface area contributed by atoms with E-state index in [1.165, 1.54) is 12.1 Å². The summed E-state index contributed by atoms with van der Waals surface area (Å²) in [5.74, 6) is -0.365. The zero-order chi connectivity index (χ0) is 13.8. The van der Waals surface area contributed by atoms with Gasteiger partial charge in [-0.1, -0.05) is 35.3 Å². The predicted octanol–water partition coefficient (Wildman–Crippen LogP) is 4.81. The summed E-state index contributed by atoms with van der Waals surface area (Å²) in [5, 5.41) is 12.9. The molecule has 0 fully saturated rings. The fourth-order valence-corrected chi connectivity index (χ4v) is 1.93. The van der Waals surface area contributed by atoms with Crippen LogP contribution in [-0.2, 0) is 0 Å². The van der Waals surface area contributed by atoms with E-state index in [-0.39, 0.29) is 5.82 Å². The van der Waals surface area contributed by atoms with Crippen LogP contribution in [0.25, 0.3) is 0 Å². The number of hydrogen-bond donors (Lipinski definition) is 1. The van der Waals surface area contributed by atoms with Gasteiger partial charge in [-0.2, -0.15) is 5.26 Å². The first-order valence-corrected chi connectivity index (χ1v) is 6.22. The second-order valence-corrected chi connectivity index (χ2v) is 4.70. The molecule has 0 aromatic heterocycles. The lowest BCUT2D eigenvalue weighted by atomic mass is 10.1. The average Bonchev–Trinajstić information content (AvgIpc) is 2.39. The molecule has 96 valence electrons. The van der Waals surface area contributed by atoms with Crippen LogP contribution in [0.1, 0.15) is 11.6 Å². The zero-order valence-corrected chi connectivity index (χ0v) is 11.2.